The van der Waals surface area contributed by atoms with Crippen LogP contribution in [-0.2, 0) is 6.42 Å². The number of benzene rings is 1. The van der Waals surface area contributed by atoms with Crippen LogP contribution in [-0.4, -0.2) is 30.6 Å². The summed E-state index contributed by atoms with van der Waals surface area (Å²) in [6.07, 6.45) is 5.35. The molecule has 1 N–H and O–H groups in total. The van der Waals surface area contributed by atoms with E-state index in [4.69, 9.17) is 0 Å². The van der Waals surface area contributed by atoms with E-state index < -0.39 is 0 Å². The van der Waals surface area contributed by atoms with Gasteiger partial charge in [0.05, 0.1) is 0 Å². The van der Waals surface area contributed by atoms with Crippen LogP contribution in [0.1, 0.15) is 36.4 Å². The van der Waals surface area contributed by atoms with Gasteiger partial charge in [-0.2, -0.15) is 0 Å². The summed E-state index contributed by atoms with van der Waals surface area (Å²) in [6.45, 7) is 3.78. The Balaban J connectivity index is 1.56. The molecule has 0 radical (unpaired) electrons. The predicted octanol–water partition coefficient (Wildman–Crippen LogP) is 3.12. The highest BCUT2D eigenvalue weighted by Crippen LogP contribution is 2.40. The number of fused-ring (bicyclic) bond motifs is 2. The highest BCUT2D eigenvalue weighted by atomic mass is 79.9. The predicted molar refractivity (Wildman–Crippen MR) is 81.3 cm³/mol. The van der Waals surface area contributed by atoms with E-state index in [0.29, 0.717) is 6.04 Å². The van der Waals surface area contributed by atoms with Crippen LogP contribution in [0.2, 0.25) is 0 Å². The SMILES string of the molecule is Brc1ccc2c(c1)CCC2N1CC2CCCNC2C1. The fourth-order valence-corrected chi connectivity index (χ4v) is 4.69. The highest BCUT2D eigenvalue weighted by molar-refractivity contribution is 9.10. The van der Waals surface area contributed by atoms with E-state index in [-0.39, 0.29) is 0 Å². The lowest BCUT2D eigenvalue weighted by molar-refractivity contribution is 0.234. The van der Waals surface area contributed by atoms with E-state index in [1.54, 1.807) is 11.1 Å². The van der Waals surface area contributed by atoms with E-state index in [1.165, 1.54) is 49.8 Å². The van der Waals surface area contributed by atoms with Gasteiger partial charge in [0, 0.05) is 29.6 Å². The van der Waals surface area contributed by atoms with Crippen molar-refractivity contribution in [3.63, 3.8) is 0 Å². The zero-order valence-corrected chi connectivity index (χ0v) is 12.8. The van der Waals surface area contributed by atoms with Gasteiger partial charge in [0.25, 0.3) is 0 Å². The number of halogens is 1. The van der Waals surface area contributed by atoms with Gasteiger partial charge < -0.3 is 5.32 Å². The molecule has 2 heterocycles. The molecule has 3 atom stereocenters. The maximum absolute atomic E-state index is 3.72. The minimum absolute atomic E-state index is 0.676. The van der Waals surface area contributed by atoms with Crippen molar-refractivity contribution in [3.8, 4) is 0 Å². The monoisotopic (exact) mass is 320 g/mol. The molecular weight excluding hydrogens is 300 g/mol. The molecule has 0 aromatic heterocycles. The highest BCUT2D eigenvalue weighted by Gasteiger charge is 2.39. The summed E-state index contributed by atoms with van der Waals surface area (Å²) >= 11 is 3.59. The molecule has 3 heteroatoms. The summed E-state index contributed by atoms with van der Waals surface area (Å²) in [5.41, 5.74) is 3.14. The Labute approximate surface area is 123 Å². The van der Waals surface area contributed by atoms with Crippen LogP contribution < -0.4 is 5.32 Å². The van der Waals surface area contributed by atoms with E-state index >= 15 is 0 Å². The van der Waals surface area contributed by atoms with Crippen molar-refractivity contribution in [2.24, 2.45) is 5.92 Å². The minimum atomic E-state index is 0.676. The molecule has 1 aromatic carbocycles. The summed E-state index contributed by atoms with van der Waals surface area (Å²) in [6, 6.07) is 8.30. The van der Waals surface area contributed by atoms with Gasteiger partial charge in [-0.3, -0.25) is 4.90 Å². The Morgan fingerprint density at radius 1 is 1.21 bits per heavy atom. The van der Waals surface area contributed by atoms with E-state index in [0.717, 1.165) is 12.0 Å². The standard InChI is InChI=1S/C16H21BrN2/c17-13-4-5-14-11(8-13)3-6-16(14)19-9-12-2-1-7-18-15(12)10-19/h4-5,8,12,15-16,18H,1-3,6-7,9-10H2. The van der Waals surface area contributed by atoms with Crippen LogP contribution in [0.15, 0.2) is 22.7 Å². The van der Waals surface area contributed by atoms with E-state index in [2.05, 4.69) is 44.3 Å². The Hall–Kier alpha value is -0.380. The van der Waals surface area contributed by atoms with Crippen molar-refractivity contribution in [1.82, 2.24) is 10.2 Å². The Kier molecular flexibility index (Phi) is 3.17. The summed E-state index contributed by atoms with van der Waals surface area (Å²) in [7, 11) is 0. The van der Waals surface area contributed by atoms with E-state index in [1.807, 2.05) is 0 Å². The Morgan fingerprint density at radius 2 is 2.16 bits per heavy atom. The number of likely N-dealkylation sites (tertiary alicyclic amines) is 1. The molecule has 0 spiro atoms. The number of nitrogens with zero attached hydrogens (tertiary/aromatic N) is 1. The average Bonchev–Trinajstić information content (AvgIpc) is 3.00. The first-order chi connectivity index (χ1) is 9.31. The van der Waals surface area contributed by atoms with Crippen molar-refractivity contribution in [1.29, 1.82) is 0 Å². The van der Waals surface area contributed by atoms with E-state index in [9.17, 15) is 0 Å². The number of hydrogen-bond acceptors (Lipinski definition) is 2. The second-order valence-electron chi connectivity index (χ2n) is 6.31. The normalized spacial score (nSPS) is 34.3. The smallest absolute Gasteiger partial charge is 0.0354 e. The molecular formula is C16H21BrN2. The first-order valence-corrected chi connectivity index (χ1v) is 8.36. The summed E-state index contributed by atoms with van der Waals surface area (Å²) < 4.78 is 1.23. The molecule has 0 bridgehead atoms. The summed E-state index contributed by atoms with van der Waals surface area (Å²) in [5.74, 6) is 0.897. The first-order valence-electron chi connectivity index (χ1n) is 7.57. The molecule has 1 aliphatic carbocycles. The Morgan fingerprint density at radius 3 is 3.05 bits per heavy atom. The number of aryl methyl sites for hydroxylation is 1. The third kappa shape index (κ3) is 2.16. The molecule has 0 amide bonds. The van der Waals surface area contributed by atoms with Crippen molar-refractivity contribution < 1.29 is 0 Å². The van der Waals surface area contributed by atoms with Gasteiger partial charge in [0.1, 0.15) is 0 Å². The summed E-state index contributed by atoms with van der Waals surface area (Å²) in [5, 5.41) is 3.72. The zero-order valence-electron chi connectivity index (χ0n) is 11.2. The lowest BCUT2D eigenvalue weighted by Gasteiger charge is -2.25. The first kappa shape index (κ1) is 12.4. The van der Waals surface area contributed by atoms with Crippen LogP contribution in [0.4, 0.5) is 0 Å². The van der Waals surface area contributed by atoms with Gasteiger partial charge in [-0.25, -0.2) is 0 Å². The average molecular weight is 321 g/mol. The Bertz CT molecular complexity index is 474. The molecule has 102 valence electrons. The van der Waals surface area contributed by atoms with Gasteiger partial charge in [0.15, 0.2) is 0 Å². The van der Waals surface area contributed by atoms with Crippen LogP contribution >= 0.6 is 15.9 Å². The van der Waals surface area contributed by atoms with Gasteiger partial charge in [-0.05, 0) is 61.4 Å². The van der Waals surface area contributed by atoms with Gasteiger partial charge in [-0.1, -0.05) is 22.0 Å². The van der Waals surface area contributed by atoms with Crippen molar-refractivity contribution in [2.75, 3.05) is 19.6 Å². The van der Waals surface area contributed by atoms with Crippen LogP contribution in [0.25, 0.3) is 0 Å². The molecule has 1 aromatic rings. The molecule has 19 heavy (non-hydrogen) atoms. The van der Waals surface area contributed by atoms with Crippen LogP contribution in [0, 0.1) is 5.92 Å². The maximum atomic E-state index is 3.72. The quantitative estimate of drug-likeness (QED) is 0.855. The van der Waals surface area contributed by atoms with Crippen molar-refractivity contribution in [2.45, 2.75) is 37.8 Å². The largest absolute Gasteiger partial charge is 0.312 e. The molecule has 2 saturated heterocycles. The molecule has 4 rings (SSSR count). The minimum Gasteiger partial charge on any atom is -0.312 e. The maximum Gasteiger partial charge on any atom is 0.0354 e. The van der Waals surface area contributed by atoms with Crippen molar-refractivity contribution >= 4 is 15.9 Å². The number of nitrogens with one attached hydrogen (secondary N) is 1. The lowest BCUT2D eigenvalue weighted by atomic mass is 9.94. The van der Waals surface area contributed by atoms with Crippen LogP contribution in [0.5, 0.6) is 0 Å². The fourth-order valence-electron chi connectivity index (χ4n) is 4.28. The third-order valence-electron chi connectivity index (χ3n) is 5.22. The van der Waals surface area contributed by atoms with Gasteiger partial charge in [0.2, 0.25) is 0 Å². The van der Waals surface area contributed by atoms with Gasteiger partial charge in [-0.15, -0.1) is 0 Å². The number of piperidine rings is 1. The van der Waals surface area contributed by atoms with Crippen molar-refractivity contribution in [3.05, 3.63) is 33.8 Å². The molecule has 2 fully saturated rings. The van der Waals surface area contributed by atoms with Gasteiger partial charge >= 0.3 is 0 Å². The molecule has 2 aliphatic heterocycles. The number of hydrogen-bond donors (Lipinski definition) is 1. The van der Waals surface area contributed by atoms with Crippen LogP contribution in [0.3, 0.4) is 0 Å². The molecule has 3 aliphatic rings. The fraction of sp³-hybridized carbons (Fsp3) is 0.625. The zero-order chi connectivity index (χ0) is 12.8. The second kappa shape index (κ2) is 4.87. The summed E-state index contributed by atoms with van der Waals surface area (Å²) in [4.78, 5) is 2.74. The molecule has 0 saturated carbocycles. The molecule has 2 nitrogen and oxygen atoms in total. The molecule has 3 unspecified atom stereocenters. The number of rotatable bonds is 1. The lowest BCUT2D eigenvalue weighted by Crippen LogP contribution is -2.40. The second-order valence-corrected chi connectivity index (χ2v) is 7.23. The topological polar surface area (TPSA) is 15.3 Å². The third-order valence-corrected chi connectivity index (χ3v) is 5.71.